The zero-order valence-electron chi connectivity index (χ0n) is 8.90. The Morgan fingerprint density at radius 1 is 1.29 bits per heavy atom. The van der Waals surface area contributed by atoms with Crippen LogP contribution in [0.4, 0.5) is 13.2 Å². The normalized spacial score (nSPS) is 14.9. The Labute approximate surface area is 102 Å². The van der Waals surface area contributed by atoms with E-state index in [1.54, 1.807) is 6.92 Å². The summed E-state index contributed by atoms with van der Waals surface area (Å²) in [4.78, 5) is 0. The predicted molar refractivity (Wildman–Crippen MR) is 59.1 cm³/mol. The number of rotatable bonds is 2. The predicted octanol–water partition coefficient (Wildman–Crippen LogP) is 2.05. The summed E-state index contributed by atoms with van der Waals surface area (Å²) in [5, 5.41) is 18.3. The third-order valence-corrected chi connectivity index (χ3v) is 2.22. The molecule has 0 heterocycles. The van der Waals surface area contributed by atoms with Crippen molar-refractivity contribution in [2.24, 2.45) is 5.73 Å². The molecule has 0 spiro atoms. The molecular formula is C10H13ClF3NO2. The monoisotopic (exact) mass is 271 g/mol. The number of halogens is 4. The summed E-state index contributed by atoms with van der Waals surface area (Å²) in [5.41, 5.74) is 5.79. The van der Waals surface area contributed by atoms with Crippen LogP contribution in [-0.2, 0) is 0 Å². The standard InChI is InChI=1S/C10H12F3NO2.ClH/c1-5-2-3-7(15)6(4-5)8(14)9(16)10(11,12)13;/h2-4,8-9,15-16H,14H2,1H3;1H/t8-,9-;/m0./s1. The van der Waals surface area contributed by atoms with Gasteiger partial charge in [-0.15, -0.1) is 12.4 Å². The number of benzene rings is 1. The number of nitrogens with two attached hydrogens (primary N) is 1. The van der Waals surface area contributed by atoms with Gasteiger partial charge in [0, 0.05) is 5.56 Å². The maximum atomic E-state index is 12.2. The minimum atomic E-state index is -4.81. The fourth-order valence-corrected chi connectivity index (χ4v) is 1.31. The lowest BCUT2D eigenvalue weighted by atomic mass is 9.99. The number of aryl methyl sites for hydroxylation is 1. The molecule has 0 saturated carbocycles. The van der Waals surface area contributed by atoms with Gasteiger partial charge in [-0.25, -0.2) is 0 Å². The van der Waals surface area contributed by atoms with Gasteiger partial charge in [-0.05, 0) is 13.0 Å². The minimum absolute atomic E-state index is 0. The molecule has 0 unspecified atom stereocenters. The van der Waals surface area contributed by atoms with Gasteiger partial charge in [0.25, 0.3) is 0 Å². The maximum Gasteiger partial charge on any atom is 0.416 e. The van der Waals surface area contributed by atoms with Crippen LogP contribution in [0.2, 0.25) is 0 Å². The maximum absolute atomic E-state index is 12.2. The number of hydrogen-bond donors (Lipinski definition) is 3. The van der Waals surface area contributed by atoms with Crippen molar-refractivity contribution >= 4 is 12.4 Å². The lowest BCUT2D eigenvalue weighted by molar-refractivity contribution is -0.210. The summed E-state index contributed by atoms with van der Waals surface area (Å²) in [7, 11) is 0. The Balaban J connectivity index is 0.00000256. The molecule has 0 bridgehead atoms. The second-order valence-electron chi connectivity index (χ2n) is 3.57. The summed E-state index contributed by atoms with van der Waals surface area (Å²) in [5.74, 6) is -0.360. The molecule has 0 aliphatic carbocycles. The van der Waals surface area contributed by atoms with Gasteiger partial charge in [0.2, 0.25) is 0 Å². The highest BCUT2D eigenvalue weighted by Gasteiger charge is 2.43. The van der Waals surface area contributed by atoms with Gasteiger partial charge in [0.1, 0.15) is 5.75 Å². The van der Waals surface area contributed by atoms with E-state index >= 15 is 0 Å². The molecule has 1 rings (SSSR count). The molecule has 2 atom stereocenters. The molecule has 0 aliphatic heterocycles. The second kappa shape index (κ2) is 5.57. The molecule has 1 aromatic carbocycles. The van der Waals surface area contributed by atoms with Crippen molar-refractivity contribution in [1.29, 1.82) is 0 Å². The van der Waals surface area contributed by atoms with Gasteiger partial charge in [-0.3, -0.25) is 0 Å². The van der Waals surface area contributed by atoms with Gasteiger partial charge in [0.15, 0.2) is 6.10 Å². The molecule has 3 nitrogen and oxygen atoms in total. The summed E-state index contributed by atoms with van der Waals surface area (Å²) in [6.45, 7) is 1.65. The number of aliphatic hydroxyl groups excluding tert-OH is 1. The molecule has 98 valence electrons. The van der Waals surface area contributed by atoms with Crippen LogP contribution in [0, 0.1) is 6.92 Å². The first-order valence-electron chi connectivity index (χ1n) is 4.53. The molecule has 0 radical (unpaired) electrons. The van der Waals surface area contributed by atoms with Crippen LogP contribution in [0.1, 0.15) is 17.2 Å². The van der Waals surface area contributed by atoms with E-state index in [9.17, 15) is 18.3 Å². The number of phenolic OH excluding ortho intramolecular Hbond substituents is 1. The summed E-state index contributed by atoms with van der Waals surface area (Å²) >= 11 is 0. The Morgan fingerprint density at radius 2 is 1.82 bits per heavy atom. The van der Waals surface area contributed by atoms with E-state index < -0.39 is 18.3 Å². The van der Waals surface area contributed by atoms with Crippen molar-refractivity contribution in [3.8, 4) is 5.75 Å². The van der Waals surface area contributed by atoms with Crippen molar-refractivity contribution in [3.63, 3.8) is 0 Å². The van der Waals surface area contributed by atoms with E-state index in [-0.39, 0.29) is 23.7 Å². The van der Waals surface area contributed by atoms with Gasteiger partial charge < -0.3 is 15.9 Å². The van der Waals surface area contributed by atoms with Crippen molar-refractivity contribution in [3.05, 3.63) is 29.3 Å². The average Bonchev–Trinajstić information content (AvgIpc) is 2.18. The van der Waals surface area contributed by atoms with Gasteiger partial charge in [0.05, 0.1) is 6.04 Å². The Morgan fingerprint density at radius 3 is 2.29 bits per heavy atom. The van der Waals surface area contributed by atoms with Crippen molar-refractivity contribution < 1.29 is 23.4 Å². The molecule has 0 amide bonds. The van der Waals surface area contributed by atoms with Crippen molar-refractivity contribution in [1.82, 2.24) is 0 Å². The highest BCUT2D eigenvalue weighted by Crippen LogP contribution is 2.32. The third-order valence-electron chi connectivity index (χ3n) is 2.22. The largest absolute Gasteiger partial charge is 0.508 e. The first-order valence-corrected chi connectivity index (χ1v) is 4.53. The lowest BCUT2D eigenvalue weighted by Crippen LogP contribution is -2.38. The summed E-state index contributed by atoms with van der Waals surface area (Å²) in [6.07, 6.45) is -7.50. The summed E-state index contributed by atoms with van der Waals surface area (Å²) in [6, 6.07) is 2.40. The number of aliphatic hydroxyl groups is 1. The number of alkyl halides is 3. The highest BCUT2D eigenvalue weighted by atomic mass is 35.5. The topological polar surface area (TPSA) is 66.5 Å². The van der Waals surface area contributed by atoms with Crippen LogP contribution >= 0.6 is 12.4 Å². The van der Waals surface area contributed by atoms with Crippen molar-refractivity contribution in [2.45, 2.75) is 25.2 Å². The number of aromatic hydroxyl groups is 1. The van der Waals surface area contributed by atoms with E-state index in [1.165, 1.54) is 18.2 Å². The summed E-state index contributed by atoms with van der Waals surface area (Å²) < 4.78 is 36.6. The smallest absolute Gasteiger partial charge is 0.416 e. The van der Waals surface area contributed by atoms with E-state index in [2.05, 4.69) is 0 Å². The van der Waals surface area contributed by atoms with E-state index in [0.29, 0.717) is 5.56 Å². The molecule has 0 aliphatic rings. The lowest BCUT2D eigenvalue weighted by Gasteiger charge is -2.22. The van der Waals surface area contributed by atoms with Crippen LogP contribution in [0.15, 0.2) is 18.2 Å². The third kappa shape index (κ3) is 3.76. The molecule has 0 saturated heterocycles. The van der Waals surface area contributed by atoms with Crippen LogP contribution in [0.3, 0.4) is 0 Å². The molecule has 17 heavy (non-hydrogen) atoms. The first-order chi connectivity index (χ1) is 7.23. The van der Waals surface area contributed by atoms with E-state index in [0.717, 1.165) is 0 Å². The van der Waals surface area contributed by atoms with Gasteiger partial charge >= 0.3 is 6.18 Å². The van der Waals surface area contributed by atoms with Crippen LogP contribution in [0.5, 0.6) is 5.75 Å². The molecule has 4 N–H and O–H groups in total. The van der Waals surface area contributed by atoms with E-state index in [1.807, 2.05) is 0 Å². The second-order valence-corrected chi connectivity index (χ2v) is 3.57. The van der Waals surface area contributed by atoms with Crippen LogP contribution in [0.25, 0.3) is 0 Å². The fourth-order valence-electron chi connectivity index (χ4n) is 1.31. The number of phenols is 1. The van der Waals surface area contributed by atoms with Gasteiger partial charge in [-0.2, -0.15) is 13.2 Å². The molecule has 0 fully saturated rings. The zero-order valence-corrected chi connectivity index (χ0v) is 9.72. The highest BCUT2D eigenvalue weighted by molar-refractivity contribution is 5.85. The Hall–Kier alpha value is -0.980. The molecular weight excluding hydrogens is 259 g/mol. The fraction of sp³-hybridized carbons (Fsp3) is 0.400. The molecule has 7 heteroatoms. The van der Waals surface area contributed by atoms with Gasteiger partial charge in [-0.1, -0.05) is 17.7 Å². The Bertz CT molecular complexity index is 384. The SMILES string of the molecule is Cc1ccc(O)c([C@H](N)[C@H](O)C(F)(F)F)c1.Cl. The zero-order chi connectivity index (χ0) is 12.5. The average molecular weight is 272 g/mol. The van der Waals surface area contributed by atoms with Crippen molar-refractivity contribution in [2.75, 3.05) is 0 Å². The minimum Gasteiger partial charge on any atom is -0.508 e. The quantitative estimate of drug-likeness (QED) is 0.771. The van der Waals surface area contributed by atoms with E-state index in [4.69, 9.17) is 10.8 Å². The van der Waals surface area contributed by atoms with Crippen LogP contribution in [-0.4, -0.2) is 22.5 Å². The number of hydrogen-bond acceptors (Lipinski definition) is 3. The first kappa shape index (κ1) is 16.0. The molecule has 0 aromatic heterocycles. The Kier molecular flexibility index (Phi) is 5.25. The van der Waals surface area contributed by atoms with Crippen LogP contribution < -0.4 is 5.73 Å². The molecule has 1 aromatic rings.